The molecular formula is C15H21N3. The van der Waals surface area contributed by atoms with E-state index in [-0.39, 0.29) is 5.41 Å². The van der Waals surface area contributed by atoms with Crippen molar-refractivity contribution in [1.29, 1.82) is 5.26 Å². The fourth-order valence-electron chi connectivity index (χ4n) is 2.48. The fourth-order valence-corrected chi connectivity index (χ4v) is 2.48. The molecule has 1 heterocycles. The van der Waals surface area contributed by atoms with Gasteiger partial charge in [0.1, 0.15) is 6.07 Å². The van der Waals surface area contributed by atoms with E-state index in [0.717, 1.165) is 36.4 Å². The van der Waals surface area contributed by atoms with Gasteiger partial charge in [-0.3, -0.25) is 0 Å². The summed E-state index contributed by atoms with van der Waals surface area (Å²) in [7, 11) is 0. The zero-order valence-electron chi connectivity index (χ0n) is 11.2. The Balaban J connectivity index is 2.04. The van der Waals surface area contributed by atoms with Gasteiger partial charge in [0.25, 0.3) is 0 Å². The van der Waals surface area contributed by atoms with E-state index in [1.807, 2.05) is 25.1 Å². The van der Waals surface area contributed by atoms with E-state index in [9.17, 15) is 0 Å². The van der Waals surface area contributed by atoms with Crippen LogP contribution in [0.2, 0.25) is 0 Å². The second-order valence-corrected chi connectivity index (χ2v) is 5.61. The van der Waals surface area contributed by atoms with E-state index in [1.165, 1.54) is 12.8 Å². The van der Waals surface area contributed by atoms with Gasteiger partial charge in [-0.1, -0.05) is 13.0 Å². The molecule has 0 aliphatic carbocycles. The Hall–Kier alpha value is -1.53. The number of piperidine rings is 1. The molecule has 18 heavy (non-hydrogen) atoms. The highest BCUT2D eigenvalue weighted by Crippen LogP contribution is 2.26. The average Bonchev–Trinajstić information content (AvgIpc) is 2.38. The Morgan fingerprint density at radius 1 is 1.50 bits per heavy atom. The molecule has 0 saturated carbocycles. The highest BCUT2D eigenvalue weighted by molar-refractivity contribution is 5.58. The normalized spacial score (nSPS) is 23.4. The number of nitriles is 1. The third-order valence-electron chi connectivity index (χ3n) is 3.69. The zero-order chi connectivity index (χ0) is 13.0. The Bertz CT molecular complexity index is 453. The summed E-state index contributed by atoms with van der Waals surface area (Å²) in [6, 6.07) is 8.25. The molecule has 2 N–H and O–H groups in total. The summed E-state index contributed by atoms with van der Waals surface area (Å²) in [5.41, 5.74) is 3.11. The van der Waals surface area contributed by atoms with Crippen LogP contribution < -0.4 is 10.6 Å². The molecule has 0 spiro atoms. The number of hydrogen-bond donors (Lipinski definition) is 2. The second kappa shape index (κ2) is 5.41. The highest BCUT2D eigenvalue weighted by Gasteiger charge is 2.26. The quantitative estimate of drug-likeness (QED) is 0.858. The Morgan fingerprint density at radius 2 is 2.33 bits per heavy atom. The third-order valence-corrected chi connectivity index (χ3v) is 3.69. The van der Waals surface area contributed by atoms with Crippen molar-refractivity contribution in [2.75, 3.05) is 25.0 Å². The number of rotatable bonds is 3. The van der Waals surface area contributed by atoms with Crippen LogP contribution in [0.1, 0.15) is 30.9 Å². The van der Waals surface area contributed by atoms with Crippen molar-refractivity contribution in [3.8, 4) is 6.07 Å². The lowest BCUT2D eigenvalue weighted by Gasteiger charge is -2.34. The van der Waals surface area contributed by atoms with Crippen LogP contribution in [0, 0.1) is 23.7 Å². The van der Waals surface area contributed by atoms with Crippen LogP contribution >= 0.6 is 0 Å². The van der Waals surface area contributed by atoms with Crippen molar-refractivity contribution in [2.24, 2.45) is 5.41 Å². The smallest absolute Gasteiger partial charge is 0.101 e. The molecule has 1 fully saturated rings. The fraction of sp³-hybridized carbons (Fsp3) is 0.533. The average molecular weight is 243 g/mol. The van der Waals surface area contributed by atoms with Crippen molar-refractivity contribution in [2.45, 2.75) is 26.7 Å². The van der Waals surface area contributed by atoms with Gasteiger partial charge >= 0.3 is 0 Å². The summed E-state index contributed by atoms with van der Waals surface area (Å²) in [5, 5.41) is 16.0. The van der Waals surface area contributed by atoms with Crippen LogP contribution in [0.4, 0.5) is 5.69 Å². The molecule has 1 unspecified atom stereocenters. The van der Waals surface area contributed by atoms with E-state index in [0.29, 0.717) is 0 Å². The minimum absolute atomic E-state index is 0.288. The Labute approximate surface area is 109 Å². The number of nitrogens with zero attached hydrogens (tertiary/aromatic N) is 1. The summed E-state index contributed by atoms with van der Waals surface area (Å²) in [5.74, 6) is 0. The predicted molar refractivity (Wildman–Crippen MR) is 74.6 cm³/mol. The second-order valence-electron chi connectivity index (χ2n) is 5.61. The summed E-state index contributed by atoms with van der Waals surface area (Å²) in [6.07, 6.45) is 2.47. The first-order valence-electron chi connectivity index (χ1n) is 6.58. The first-order valence-corrected chi connectivity index (χ1v) is 6.58. The number of aryl methyl sites for hydroxylation is 1. The van der Waals surface area contributed by atoms with Crippen LogP contribution in [0.3, 0.4) is 0 Å². The molecule has 1 aliphatic heterocycles. The molecule has 96 valence electrons. The lowest BCUT2D eigenvalue weighted by atomic mass is 9.82. The minimum atomic E-state index is 0.288. The van der Waals surface area contributed by atoms with Gasteiger partial charge in [-0.05, 0) is 49.4 Å². The topological polar surface area (TPSA) is 47.8 Å². The first kappa shape index (κ1) is 12.9. The third kappa shape index (κ3) is 3.02. The largest absolute Gasteiger partial charge is 0.383 e. The Kier molecular flexibility index (Phi) is 3.88. The number of benzene rings is 1. The van der Waals surface area contributed by atoms with Crippen LogP contribution in [0.15, 0.2) is 18.2 Å². The molecule has 3 nitrogen and oxygen atoms in total. The van der Waals surface area contributed by atoms with Crippen LogP contribution in [-0.2, 0) is 0 Å². The number of anilines is 1. The lowest BCUT2D eigenvalue weighted by molar-refractivity contribution is 0.253. The highest BCUT2D eigenvalue weighted by atomic mass is 14.9. The Morgan fingerprint density at radius 3 is 3.00 bits per heavy atom. The van der Waals surface area contributed by atoms with Crippen LogP contribution in [-0.4, -0.2) is 19.6 Å². The van der Waals surface area contributed by atoms with Crippen LogP contribution in [0.5, 0.6) is 0 Å². The van der Waals surface area contributed by atoms with Crippen LogP contribution in [0.25, 0.3) is 0 Å². The van der Waals surface area contributed by atoms with E-state index in [1.54, 1.807) is 0 Å². The monoisotopic (exact) mass is 243 g/mol. The molecule has 0 bridgehead atoms. The lowest BCUT2D eigenvalue weighted by Crippen LogP contribution is -2.42. The zero-order valence-corrected chi connectivity index (χ0v) is 11.2. The molecule has 1 saturated heterocycles. The summed E-state index contributed by atoms with van der Waals surface area (Å²) in [4.78, 5) is 0. The molecular weight excluding hydrogens is 222 g/mol. The number of hydrogen-bond acceptors (Lipinski definition) is 3. The van der Waals surface area contributed by atoms with E-state index in [4.69, 9.17) is 5.26 Å². The maximum absolute atomic E-state index is 9.14. The molecule has 1 atom stereocenters. The van der Waals surface area contributed by atoms with Crippen molar-refractivity contribution < 1.29 is 0 Å². The van der Waals surface area contributed by atoms with Gasteiger partial charge in [0, 0.05) is 13.1 Å². The van der Waals surface area contributed by atoms with E-state index >= 15 is 0 Å². The van der Waals surface area contributed by atoms with E-state index in [2.05, 4.69) is 23.6 Å². The SMILES string of the molecule is Cc1ccc(NCC2(C)CCCNC2)c(C#N)c1. The van der Waals surface area contributed by atoms with E-state index < -0.39 is 0 Å². The summed E-state index contributed by atoms with van der Waals surface area (Å²) >= 11 is 0. The van der Waals surface area contributed by atoms with Gasteiger partial charge in [0.15, 0.2) is 0 Å². The molecule has 1 aliphatic rings. The maximum atomic E-state index is 9.14. The number of nitrogens with one attached hydrogen (secondary N) is 2. The van der Waals surface area contributed by atoms with Crippen molar-refractivity contribution in [3.05, 3.63) is 29.3 Å². The van der Waals surface area contributed by atoms with Gasteiger partial charge in [-0.15, -0.1) is 0 Å². The first-order chi connectivity index (χ1) is 8.63. The predicted octanol–water partition coefficient (Wildman–Crippen LogP) is 2.67. The van der Waals surface area contributed by atoms with Crippen molar-refractivity contribution in [3.63, 3.8) is 0 Å². The summed E-state index contributed by atoms with van der Waals surface area (Å²) in [6.45, 7) is 7.40. The van der Waals surface area contributed by atoms with Gasteiger partial charge < -0.3 is 10.6 Å². The molecule has 3 heteroatoms. The molecule has 0 radical (unpaired) electrons. The molecule has 0 aromatic heterocycles. The van der Waals surface area contributed by atoms with Gasteiger partial charge in [0.2, 0.25) is 0 Å². The van der Waals surface area contributed by atoms with Gasteiger partial charge in [-0.2, -0.15) is 5.26 Å². The van der Waals surface area contributed by atoms with Gasteiger partial charge in [0.05, 0.1) is 11.3 Å². The standard InChI is InChI=1S/C15H21N3/c1-12-4-5-14(13(8-12)9-16)18-11-15(2)6-3-7-17-10-15/h4-5,8,17-18H,3,6-7,10-11H2,1-2H3. The molecule has 0 amide bonds. The van der Waals surface area contributed by atoms with Gasteiger partial charge in [-0.25, -0.2) is 0 Å². The molecule has 1 aromatic rings. The molecule has 2 rings (SSSR count). The maximum Gasteiger partial charge on any atom is 0.101 e. The summed E-state index contributed by atoms with van der Waals surface area (Å²) < 4.78 is 0. The molecule has 1 aromatic carbocycles. The minimum Gasteiger partial charge on any atom is -0.383 e. The van der Waals surface area contributed by atoms with Crippen molar-refractivity contribution >= 4 is 5.69 Å². The van der Waals surface area contributed by atoms with Crippen molar-refractivity contribution in [1.82, 2.24) is 5.32 Å².